The van der Waals surface area contributed by atoms with Crippen molar-refractivity contribution in [1.29, 1.82) is 0 Å². The molecule has 7 aromatic rings. The van der Waals surface area contributed by atoms with E-state index in [0.717, 1.165) is 29.9 Å². The monoisotopic (exact) mass is 617 g/mol. The summed E-state index contributed by atoms with van der Waals surface area (Å²) in [7, 11) is 0. The van der Waals surface area contributed by atoms with Gasteiger partial charge in [-0.1, -0.05) is 153 Å². The molecule has 0 spiro atoms. The van der Waals surface area contributed by atoms with Crippen LogP contribution in [0.15, 0.2) is 176 Å². The second-order valence-electron chi connectivity index (χ2n) is 12.6. The van der Waals surface area contributed by atoms with Crippen molar-refractivity contribution in [3.8, 4) is 22.3 Å². The predicted octanol–water partition coefficient (Wildman–Crippen LogP) is 12.3. The number of rotatable bonds is 8. The fourth-order valence-electron chi connectivity index (χ4n) is 7.96. The van der Waals surface area contributed by atoms with Crippen molar-refractivity contribution >= 4 is 17.1 Å². The molecule has 7 aromatic carbocycles. The molecule has 0 aromatic heterocycles. The van der Waals surface area contributed by atoms with Crippen LogP contribution in [-0.4, -0.2) is 0 Å². The van der Waals surface area contributed by atoms with Gasteiger partial charge in [-0.05, 0) is 105 Å². The summed E-state index contributed by atoms with van der Waals surface area (Å²) in [6, 6.07) is 64.8. The molecule has 8 rings (SSSR count). The Balaban J connectivity index is 1.37. The molecule has 0 heterocycles. The van der Waals surface area contributed by atoms with Gasteiger partial charge in [0, 0.05) is 17.1 Å². The Bertz CT molecular complexity index is 2160. The molecule has 1 heteroatoms. The topological polar surface area (TPSA) is 3.24 Å². The Morgan fingerprint density at radius 1 is 0.375 bits per heavy atom. The van der Waals surface area contributed by atoms with E-state index in [9.17, 15) is 0 Å². The molecule has 0 unspecified atom stereocenters. The number of fused-ring (bicyclic) bond motifs is 3. The summed E-state index contributed by atoms with van der Waals surface area (Å²) in [5.41, 5.74) is 16.2. The Morgan fingerprint density at radius 2 is 0.854 bits per heavy atom. The Kier molecular flexibility index (Phi) is 7.74. The Labute approximate surface area is 284 Å². The molecule has 0 aliphatic heterocycles. The molecule has 48 heavy (non-hydrogen) atoms. The van der Waals surface area contributed by atoms with E-state index < -0.39 is 5.41 Å². The summed E-state index contributed by atoms with van der Waals surface area (Å²) in [5, 5.41) is 0. The van der Waals surface area contributed by atoms with Crippen LogP contribution in [0.25, 0.3) is 22.3 Å². The minimum atomic E-state index is -0.449. The highest BCUT2D eigenvalue weighted by Gasteiger charge is 2.46. The lowest BCUT2D eigenvalue weighted by molar-refractivity contribution is 0.768. The van der Waals surface area contributed by atoms with Gasteiger partial charge in [0.25, 0.3) is 0 Å². The van der Waals surface area contributed by atoms with Crippen molar-refractivity contribution in [2.75, 3.05) is 4.90 Å². The van der Waals surface area contributed by atoms with Crippen LogP contribution in [0.3, 0.4) is 0 Å². The summed E-state index contributed by atoms with van der Waals surface area (Å²) in [5.74, 6) is 0. The summed E-state index contributed by atoms with van der Waals surface area (Å²) >= 11 is 0. The molecule has 0 radical (unpaired) electrons. The normalized spacial score (nSPS) is 12.7. The number of para-hydroxylation sites is 1. The van der Waals surface area contributed by atoms with Crippen LogP contribution in [-0.2, 0) is 18.3 Å². The maximum absolute atomic E-state index is 2.45. The molecule has 0 bridgehead atoms. The third-order valence-electron chi connectivity index (χ3n) is 10.1. The third-order valence-corrected chi connectivity index (χ3v) is 10.1. The summed E-state index contributed by atoms with van der Waals surface area (Å²) in [6.07, 6.45) is 1.97. The van der Waals surface area contributed by atoms with Crippen molar-refractivity contribution in [3.63, 3.8) is 0 Å². The summed E-state index contributed by atoms with van der Waals surface area (Å²) < 4.78 is 0. The average Bonchev–Trinajstić information content (AvgIpc) is 3.46. The molecule has 232 valence electrons. The molecule has 1 aliphatic carbocycles. The molecule has 0 saturated carbocycles. The van der Waals surface area contributed by atoms with Crippen LogP contribution in [0, 0.1) is 0 Å². The van der Waals surface area contributed by atoms with Crippen LogP contribution in [0.1, 0.15) is 47.2 Å². The highest BCUT2D eigenvalue weighted by atomic mass is 15.1. The van der Waals surface area contributed by atoms with E-state index in [2.05, 4.69) is 195 Å². The molecule has 0 atom stereocenters. The van der Waals surface area contributed by atoms with E-state index in [4.69, 9.17) is 0 Å². The van der Waals surface area contributed by atoms with Crippen molar-refractivity contribution < 1.29 is 0 Å². The van der Waals surface area contributed by atoms with Gasteiger partial charge in [0.2, 0.25) is 0 Å². The standard InChI is InChI=1S/C47H39N/c1-3-34-18-14-15-25-41(34)42-30-28-39(32-35(42)4-2)48(38-23-12-7-13-24-38)40-29-31-44-43-26-16-17-27-45(43)47(46(44)33-40,36-19-8-5-9-20-36)37-21-10-6-11-22-37/h5-33H,3-4H2,1-2H3. The number of anilines is 3. The molecule has 1 nitrogen and oxygen atoms in total. The predicted molar refractivity (Wildman–Crippen MR) is 203 cm³/mol. The number of benzene rings is 7. The van der Waals surface area contributed by atoms with Gasteiger partial charge in [0.05, 0.1) is 5.41 Å². The number of hydrogen-bond acceptors (Lipinski definition) is 1. The van der Waals surface area contributed by atoms with Gasteiger partial charge in [-0.3, -0.25) is 0 Å². The van der Waals surface area contributed by atoms with Crippen LogP contribution in [0.4, 0.5) is 17.1 Å². The van der Waals surface area contributed by atoms with Gasteiger partial charge in [-0.15, -0.1) is 0 Å². The van der Waals surface area contributed by atoms with Crippen molar-refractivity contribution in [2.24, 2.45) is 0 Å². The Hall–Kier alpha value is -5.66. The lowest BCUT2D eigenvalue weighted by Gasteiger charge is -2.35. The molecule has 1 aliphatic rings. The average molecular weight is 618 g/mol. The largest absolute Gasteiger partial charge is 0.310 e. The second kappa shape index (κ2) is 12.5. The van der Waals surface area contributed by atoms with Crippen LogP contribution in [0.2, 0.25) is 0 Å². The summed E-state index contributed by atoms with van der Waals surface area (Å²) in [4.78, 5) is 2.43. The van der Waals surface area contributed by atoms with Gasteiger partial charge in [-0.25, -0.2) is 0 Å². The van der Waals surface area contributed by atoms with Crippen molar-refractivity contribution in [2.45, 2.75) is 32.1 Å². The lowest BCUT2D eigenvalue weighted by atomic mass is 9.67. The Morgan fingerprint density at radius 3 is 1.50 bits per heavy atom. The van der Waals surface area contributed by atoms with E-state index in [1.54, 1.807) is 0 Å². The van der Waals surface area contributed by atoms with E-state index in [1.165, 1.54) is 55.6 Å². The quantitative estimate of drug-likeness (QED) is 0.164. The molecule has 0 saturated heterocycles. The molecule has 0 N–H and O–H groups in total. The van der Waals surface area contributed by atoms with Crippen molar-refractivity contribution in [3.05, 3.63) is 209 Å². The number of nitrogens with zero attached hydrogens (tertiary/aromatic N) is 1. The SMILES string of the molecule is CCc1ccccc1-c1ccc(N(c2ccccc2)c2ccc3c(c2)C(c2ccccc2)(c2ccccc2)c2ccccc2-3)cc1CC. The minimum Gasteiger partial charge on any atom is -0.310 e. The maximum atomic E-state index is 2.45. The first-order valence-corrected chi connectivity index (χ1v) is 17.2. The van der Waals surface area contributed by atoms with Gasteiger partial charge in [0.15, 0.2) is 0 Å². The highest BCUT2D eigenvalue weighted by Crippen LogP contribution is 2.57. The highest BCUT2D eigenvalue weighted by molar-refractivity contribution is 5.90. The van der Waals surface area contributed by atoms with Crippen molar-refractivity contribution in [1.82, 2.24) is 0 Å². The molecule has 0 fully saturated rings. The number of hydrogen-bond donors (Lipinski definition) is 0. The molecule has 0 amide bonds. The second-order valence-corrected chi connectivity index (χ2v) is 12.6. The fourth-order valence-corrected chi connectivity index (χ4v) is 7.96. The number of aryl methyl sites for hydroxylation is 2. The van der Waals surface area contributed by atoms with Crippen LogP contribution < -0.4 is 4.90 Å². The molecular weight excluding hydrogens is 579 g/mol. The maximum Gasteiger partial charge on any atom is 0.0714 e. The first-order valence-electron chi connectivity index (χ1n) is 17.2. The van der Waals surface area contributed by atoms with Gasteiger partial charge in [0.1, 0.15) is 0 Å². The third kappa shape index (κ3) is 4.78. The minimum absolute atomic E-state index is 0.449. The van der Waals surface area contributed by atoms with Gasteiger partial charge in [-0.2, -0.15) is 0 Å². The first-order chi connectivity index (χ1) is 23.7. The van der Waals surface area contributed by atoms with Crippen LogP contribution >= 0.6 is 0 Å². The van der Waals surface area contributed by atoms with E-state index in [1.807, 2.05) is 0 Å². The lowest BCUT2D eigenvalue weighted by Crippen LogP contribution is -2.28. The smallest absolute Gasteiger partial charge is 0.0714 e. The molecular formula is C47H39N. The summed E-state index contributed by atoms with van der Waals surface area (Å²) in [6.45, 7) is 4.51. The van der Waals surface area contributed by atoms with E-state index in [-0.39, 0.29) is 0 Å². The van der Waals surface area contributed by atoms with Gasteiger partial charge < -0.3 is 4.90 Å². The van der Waals surface area contributed by atoms with E-state index >= 15 is 0 Å². The van der Waals surface area contributed by atoms with Crippen LogP contribution in [0.5, 0.6) is 0 Å². The zero-order valence-electron chi connectivity index (χ0n) is 27.6. The first kappa shape index (κ1) is 29.7. The fraction of sp³-hybridized carbons (Fsp3) is 0.106. The zero-order valence-corrected chi connectivity index (χ0v) is 27.6. The van der Waals surface area contributed by atoms with E-state index in [0.29, 0.717) is 0 Å². The van der Waals surface area contributed by atoms with Gasteiger partial charge >= 0.3 is 0 Å². The zero-order chi connectivity index (χ0) is 32.5.